The lowest BCUT2D eigenvalue weighted by Crippen LogP contribution is -2.18. The highest BCUT2D eigenvalue weighted by Crippen LogP contribution is 2.19. The summed E-state index contributed by atoms with van der Waals surface area (Å²) in [5.41, 5.74) is 2.41. The van der Waals surface area contributed by atoms with Crippen molar-refractivity contribution in [1.29, 1.82) is 0 Å². The van der Waals surface area contributed by atoms with Gasteiger partial charge in [-0.2, -0.15) is 0 Å². The fourth-order valence-corrected chi connectivity index (χ4v) is 2.09. The van der Waals surface area contributed by atoms with Gasteiger partial charge >= 0.3 is 0 Å². The SMILES string of the molecule is Fc1ccc(Cn2cccc2CNC2CC2)cc1. The van der Waals surface area contributed by atoms with Crippen LogP contribution < -0.4 is 5.32 Å². The third-order valence-corrected chi connectivity index (χ3v) is 3.34. The molecular weight excluding hydrogens is 227 g/mol. The molecule has 0 unspecified atom stereocenters. The molecule has 0 aliphatic heterocycles. The number of aromatic nitrogens is 1. The zero-order valence-corrected chi connectivity index (χ0v) is 10.3. The second-order valence-electron chi connectivity index (χ2n) is 4.91. The predicted octanol–water partition coefficient (Wildman–Crippen LogP) is 2.93. The fourth-order valence-electron chi connectivity index (χ4n) is 2.09. The number of nitrogens with zero attached hydrogens (tertiary/aromatic N) is 1. The number of hydrogen-bond donors (Lipinski definition) is 1. The van der Waals surface area contributed by atoms with E-state index in [2.05, 4.69) is 28.2 Å². The maximum Gasteiger partial charge on any atom is 0.123 e. The van der Waals surface area contributed by atoms with Crippen LogP contribution in [0.15, 0.2) is 42.6 Å². The first-order chi connectivity index (χ1) is 8.81. The largest absolute Gasteiger partial charge is 0.346 e. The van der Waals surface area contributed by atoms with E-state index in [4.69, 9.17) is 0 Å². The van der Waals surface area contributed by atoms with Gasteiger partial charge in [-0.1, -0.05) is 12.1 Å². The molecule has 1 aromatic carbocycles. The Morgan fingerprint density at radius 2 is 1.94 bits per heavy atom. The van der Waals surface area contributed by atoms with Gasteiger partial charge in [-0.3, -0.25) is 0 Å². The average Bonchev–Trinajstić information content (AvgIpc) is 3.11. The first-order valence-electron chi connectivity index (χ1n) is 6.43. The number of halogens is 1. The Hall–Kier alpha value is -1.61. The van der Waals surface area contributed by atoms with Crippen LogP contribution in [0.25, 0.3) is 0 Å². The molecule has 2 nitrogen and oxygen atoms in total. The molecule has 0 atom stereocenters. The lowest BCUT2D eigenvalue weighted by atomic mass is 10.2. The smallest absolute Gasteiger partial charge is 0.123 e. The zero-order chi connectivity index (χ0) is 12.4. The minimum absolute atomic E-state index is 0.179. The molecule has 3 heteroatoms. The van der Waals surface area contributed by atoms with Gasteiger partial charge in [-0.05, 0) is 42.7 Å². The van der Waals surface area contributed by atoms with Crippen molar-refractivity contribution in [1.82, 2.24) is 9.88 Å². The monoisotopic (exact) mass is 244 g/mol. The molecule has 18 heavy (non-hydrogen) atoms. The number of rotatable bonds is 5. The summed E-state index contributed by atoms with van der Waals surface area (Å²) >= 11 is 0. The Kier molecular flexibility index (Phi) is 3.15. The molecule has 1 heterocycles. The van der Waals surface area contributed by atoms with Crippen molar-refractivity contribution in [3.63, 3.8) is 0 Å². The Bertz CT molecular complexity index is 512. The van der Waals surface area contributed by atoms with E-state index in [-0.39, 0.29) is 5.82 Å². The molecule has 2 aromatic rings. The molecule has 1 saturated carbocycles. The van der Waals surface area contributed by atoms with Crippen LogP contribution in [-0.4, -0.2) is 10.6 Å². The summed E-state index contributed by atoms with van der Waals surface area (Å²) in [4.78, 5) is 0. The molecule has 0 spiro atoms. The molecule has 1 fully saturated rings. The van der Waals surface area contributed by atoms with Gasteiger partial charge in [0.1, 0.15) is 5.82 Å². The minimum atomic E-state index is -0.179. The second-order valence-corrected chi connectivity index (χ2v) is 4.91. The molecule has 0 bridgehead atoms. The third kappa shape index (κ3) is 2.79. The van der Waals surface area contributed by atoms with E-state index >= 15 is 0 Å². The number of nitrogens with one attached hydrogen (secondary N) is 1. The van der Waals surface area contributed by atoms with Crippen LogP contribution in [0.5, 0.6) is 0 Å². The van der Waals surface area contributed by atoms with Crippen molar-refractivity contribution in [2.45, 2.75) is 32.0 Å². The van der Waals surface area contributed by atoms with Gasteiger partial charge in [0, 0.05) is 31.0 Å². The van der Waals surface area contributed by atoms with E-state index in [0.717, 1.165) is 24.7 Å². The van der Waals surface area contributed by atoms with E-state index in [1.165, 1.54) is 30.7 Å². The minimum Gasteiger partial charge on any atom is -0.346 e. The number of benzene rings is 1. The zero-order valence-electron chi connectivity index (χ0n) is 10.3. The molecule has 94 valence electrons. The molecule has 1 aromatic heterocycles. The third-order valence-electron chi connectivity index (χ3n) is 3.34. The van der Waals surface area contributed by atoms with Crippen molar-refractivity contribution in [3.8, 4) is 0 Å². The summed E-state index contributed by atoms with van der Waals surface area (Å²) in [5.74, 6) is -0.179. The van der Waals surface area contributed by atoms with Crippen LogP contribution in [0.1, 0.15) is 24.1 Å². The summed E-state index contributed by atoms with van der Waals surface area (Å²) in [5, 5.41) is 3.51. The quantitative estimate of drug-likeness (QED) is 0.855. The Morgan fingerprint density at radius 3 is 2.67 bits per heavy atom. The van der Waals surface area contributed by atoms with Crippen molar-refractivity contribution in [3.05, 3.63) is 59.7 Å². The maximum atomic E-state index is 12.8. The maximum absolute atomic E-state index is 12.8. The van der Waals surface area contributed by atoms with Gasteiger partial charge in [0.05, 0.1) is 0 Å². The van der Waals surface area contributed by atoms with E-state index in [1.807, 2.05) is 12.1 Å². The highest BCUT2D eigenvalue weighted by atomic mass is 19.1. The summed E-state index contributed by atoms with van der Waals surface area (Å²) in [6.45, 7) is 1.72. The lowest BCUT2D eigenvalue weighted by molar-refractivity contribution is 0.622. The van der Waals surface area contributed by atoms with E-state index in [9.17, 15) is 4.39 Å². The van der Waals surface area contributed by atoms with Crippen LogP contribution in [0.3, 0.4) is 0 Å². The summed E-state index contributed by atoms with van der Waals surface area (Å²) < 4.78 is 15.1. The van der Waals surface area contributed by atoms with Crippen LogP contribution in [0.2, 0.25) is 0 Å². The van der Waals surface area contributed by atoms with E-state index < -0.39 is 0 Å². The highest BCUT2D eigenvalue weighted by molar-refractivity contribution is 5.18. The van der Waals surface area contributed by atoms with Gasteiger partial charge in [-0.25, -0.2) is 4.39 Å². The Labute approximate surface area is 106 Å². The van der Waals surface area contributed by atoms with Crippen LogP contribution in [-0.2, 0) is 13.1 Å². The summed E-state index contributed by atoms with van der Waals surface area (Å²) in [6, 6.07) is 11.6. The fraction of sp³-hybridized carbons (Fsp3) is 0.333. The summed E-state index contributed by atoms with van der Waals surface area (Å²) in [7, 11) is 0. The standard InChI is InChI=1S/C15H17FN2/c16-13-5-3-12(4-6-13)11-18-9-1-2-15(18)10-17-14-7-8-14/h1-6,9,14,17H,7-8,10-11H2. The van der Waals surface area contributed by atoms with Crippen molar-refractivity contribution >= 4 is 0 Å². The topological polar surface area (TPSA) is 17.0 Å². The first-order valence-corrected chi connectivity index (χ1v) is 6.43. The molecular formula is C15H17FN2. The van der Waals surface area contributed by atoms with E-state index in [1.54, 1.807) is 0 Å². The molecule has 1 aliphatic carbocycles. The van der Waals surface area contributed by atoms with Crippen LogP contribution in [0, 0.1) is 5.82 Å². The van der Waals surface area contributed by atoms with Gasteiger partial charge in [0.25, 0.3) is 0 Å². The molecule has 3 rings (SSSR count). The molecule has 0 amide bonds. The van der Waals surface area contributed by atoms with Crippen molar-refractivity contribution in [2.24, 2.45) is 0 Å². The van der Waals surface area contributed by atoms with Gasteiger partial charge in [0.15, 0.2) is 0 Å². The van der Waals surface area contributed by atoms with Crippen molar-refractivity contribution < 1.29 is 4.39 Å². The van der Waals surface area contributed by atoms with Gasteiger partial charge < -0.3 is 9.88 Å². The van der Waals surface area contributed by atoms with Gasteiger partial charge in [0.2, 0.25) is 0 Å². The normalized spacial score (nSPS) is 14.9. The Morgan fingerprint density at radius 1 is 1.17 bits per heavy atom. The van der Waals surface area contributed by atoms with E-state index in [0.29, 0.717) is 0 Å². The lowest BCUT2D eigenvalue weighted by Gasteiger charge is -2.10. The van der Waals surface area contributed by atoms with Gasteiger partial charge in [-0.15, -0.1) is 0 Å². The second kappa shape index (κ2) is 4.94. The molecule has 1 aliphatic rings. The Balaban J connectivity index is 1.67. The predicted molar refractivity (Wildman–Crippen MR) is 69.8 cm³/mol. The average molecular weight is 244 g/mol. The molecule has 1 N–H and O–H groups in total. The molecule has 0 radical (unpaired) electrons. The first kappa shape index (κ1) is 11.5. The number of hydrogen-bond acceptors (Lipinski definition) is 1. The highest BCUT2D eigenvalue weighted by Gasteiger charge is 2.20. The molecule has 0 saturated heterocycles. The summed E-state index contributed by atoms with van der Waals surface area (Å²) in [6.07, 6.45) is 4.69. The van der Waals surface area contributed by atoms with Crippen LogP contribution >= 0.6 is 0 Å². The van der Waals surface area contributed by atoms with Crippen LogP contribution in [0.4, 0.5) is 4.39 Å². The van der Waals surface area contributed by atoms with Crippen molar-refractivity contribution in [2.75, 3.05) is 0 Å².